The van der Waals surface area contributed by atoms with E-state index in [4.69, 9.17) is 10.5 Å². The molecule has 0 radical (unpaired) electrons. The summed E-state index contributed by atoms with van der Waals surface area (Å²) < 4.78 is 8.16. The van der Waals surface area contributed by atoms with E-state index < -0.39 is 11.2 Å². The Labute approximate surface area is 145 Å². The van der Waals surface area contributed by atoms with Crippen LogP contribution in [0.25, 0.3) is 0 Å². The summed E-state index contributed by atoms with van der Waals surface area (Å²) in [7, 11) is 2.91. The van der Waals surface area contributed by atoms with E-state index in [1.165, 1.54) is 31.5 Å². The van der Waals surface area contributed by atoms with E-state index in [1.54, 1.807) is 6.21 Å². The number of ether oxygens (including phenoxy) is 1. The maximum Gasteiger partial charge on any atom is 0.332 e. The lowest BCUT2D eigenvalue weighted by Crippen LogP contribution is -2.37. The largest absolute Gasteiger partial charge is 0.490 e. The highest BCUT2D eigenvalue weighted by atomic mass is 16.5. The van der Waals surface area contributed by atoms with Gasteiger partial charge in [0.15, 0.2) is 5.69 Å². The van der Waals surface area contributed by atoms with E-state index in [-0.39, 0.29) is 17.6 Å². The SMILES string of the molecule is Cn1c(N)c(N=Cc2cccc(OC3CCCC3)c2)c(=O)n(C)c1=O. The molecule has 3 rings (SSSR count). The monoisotopic (exact) mass is 342 g/mol. The zero-order valence-electron chi connectivity index (χ0n) is 14.4. The molecule has 0 amide bonds. The van der Waals surface area contributed by atoms with Gasteiger partial charge in [-0.1, -0.05) is 12.1 Å². The third-order valence-electron chi connectivity index (χ3n) is 4.49. The lowest BCUT2D eigenvalue weighted by atomic mass is 10.2. The molecule has 0 atom stereocenters. The lowest BCUT2D eigenvalue weighted by Gasteiger charge is -2.13. The molecule has 1 heterocycles. The molecule has 132 valence electrons. The van der Waals surface area contributed by atoms with Gasteiger partial charge in [-0.15, -0.1) is 0 Å². The van der Waals surface area contributed by atoms with E-state index in [0.717, 1.165) is 28.7 Å². The number of aliphatic imine (C=N–C) groups is 1. The van der Waals surface area contributed by atoms with Gasteiger partial charge in [-0.2, -0.15) is 0 Å². The number of benzene rings is 1. The molecule has 0 unspecified atom stereocenters. The summed E-state index contributed by atoms with van der Waals surface area (Å²) in [5, 5.41) is 0. The number of rotatable bonds is 4. The molecule has 1 aromatic heterocycles. The van der Waals surface area contributed by atoms with Gasteiger partial charge in [0.25, 0.3) is 5.56 Å². The second-order valence-electron chi connectivity index (χ2n) is 6.29. The number of hydrogen-bond donors (Lipinski definition) is 1. The van der Waals surface area contributed by atoms with Crippen LogP contribution in [-0.4, -0.2) is 21.5 Å². The van der Waals surface area contributed by atoms with Gasteiger partial charge in [0.2, 0.25) is 0 Å². The number of anilines is 1. The molecule has 1 aliphatic rings. The van der Waals surface area contributed by atoms with Crippen LogP contribution in [0.3, 0.4) is 0 Å². The van der Waals surface area contributed by atoms with E-state index in [9.17, 15) is 9.59 Å². The van der Waals surface area contributed by atoms with Crippen LogP contribution in [0.15, 0.2) is 38.8 Å². The van der Waals surface area contributed by atoms with Crippen LogP contribution in [0.5, 0.6) is 5.75 Å². The average Bonchev–Trinajstić information content (AvgIpc) is 3.11. The molecule has 7 heteroatoms. The minimum Gasteiger partial charge on any atom is -0.490 e. The smallest absolute Gasteiger partial charge is 0.332 e. The van der Waals surface area contributed by atoms with Gasteiger partial charge in [0.05, 0.1) is 6.10 Å². The standard InChI is InChI=1S/C18H22N4O3/c1-21-16(19)15(17(23)22(2)18(21)24)20-11-12-6-5-9-14(10-12)25-13-7-3-4-8-13/h5-6,9-11,13H,3-4,7-8,19H2,1-2H3. The third-order valence-corrected chi connectivity index (χ3v) is 4.49. The van der Waals surface area contributed by atoms with Gasteiger partial charge < -0.3 is 10.5 Å². The zero-order valence-corrected chi connectivity index (χ0v) is 14.4. The maximum absolute atomic E-state index is 12.2. The van der Waals surface area contributed by atoms with Crippen LogP contribution in [-0.2, 0) is 14.1 Å². The van der Waals surface area contributed by atoms with Crippen LogP contribution in [0.1, 0.15) is 31.2 Å². The molecule has 2 N–H and O–H groups in total. The molecule has 1 aliphatic carbocycles. The van der Waals surface area contributed by atoms with Crippen molar-refractivity contribution in [3.63, 3.8) is 0 Å². The van der Waals surface area contributed by atoms with Gasteiger partial charge in [-0.25, -0.2) is 9.79 Å². The molecule has 1 fully saturated rings. The van der Waals surface area contributed by atoms with Crippen molar-refractivity contribution in [1.29, 1.82) is 0 Å². The Hall–Kier alpha value is -2.83. The van der Waals surface area contributed by atoms with Crippen LogP contribution in [0.2, 0.25) is 0 Å². The van der Waals surface area contributed by atoms with Gasteiger partial charge in [-0.3, -0.25) is 13.9 Å². The van der Waals surface area contributed by atoms with Crippen LogP contribution in [0.4, 0.5) is 11.5 Å². The third kappa shape index (κ3) is 3.50. The molecular formula is C18H22N4O3. The summed E-state index contributed by atoms with van der Waals surface area (Å²) in [6.07, 6.45) is 6.42. The summed E-state index contributed by atoms with van der Waals surface area (Å²) in [6, 6.07) is 7.54. The molecule has 1 saturated carbocycles. The summed E-state index contributed by atoms with van der Waals surface area (Å²) in [5.74, 6) is 0.833. The van der Waals surface area contributed by atoms with Crippen molar-refractivity contribution < 1.29 is 4.74 Å². The lowest BCUT2D eigenvalue weighted by molar-refractivity contribution is 0.210. The van der Waals surface area contributed by atoms with Crippen molar-refractivity contribution >= 4 is 17.7 Å². The molecular weight excluding hydrogens is 320 g/mol. The maximum atomic E-state index is 12.2. The van der Waals surface area contributed by atoms with E-state index in [0.29, 0.717) is 0 Å². The van der Waals surface area contributed by atoms with Gasteiger partial charge in [-0.05, 0) is 43.4 Å². The van der Waals surface area contributed by atoms with E-state index in [1.807, 2.05) is 24.3 Å². The summed E-state index contributed by atoms with van der Waals surface area (Å²) in [4.78, 5) is 28.2. The highest BCUT2D eigenvalue weighted by molar-refractivity contribution is 5.83. The Morgan fingerprint density at radius 3 is 2.64 bits per heavy atom. The first-order chi connectivity index (χ1) is 12.0. The topological polar surface area (TPSA) is 91.6 Å². The minimum atomic E-state index is -0.518. The Morgan fingerprint density at radius 1 is 1.20 bits per heavy atom. The summed E-state index contributed by atoms with van der Waals surface area (Å²) >= 11 is 0. The predicted octanol–water partition coefficient (Wildman–Crippen LogP) is 1.74. The fourth-order valence-electron chi connectivity index (χ4n) is 2.97. The fourth-order valence-corrected chi connectivity index (χ4v) is 2.97. The Bertz CT molecular complexity index is 921. The van der Waals surface area contributed by atoms with Crippen LogP contribution >= 0.6 is 0 Å². The molecule has 0 saturated heterocycles. The Kier molecular flexibility index (Phi) is 4.74. The van der Waals surface area contributed by atoms with E-state index >= 15 is 0 Å². The number of nitrogen functional groups attached to an aromatic ring is 1. The summed E-state index contributed by atoms with van der Waals surface area (Å²) in [6.45, 7) is 0. The Balaban J connectivity index is 1.88. The number of aromatic nitrogens is 2. The molecule has 25 heavy (non-hydrogen) atoms. The first kappa shape index (κ1) is 17.0. The highest BCUT2D eigenvalue weighted by Crippen LogP contribution is 2.24. The van der Waals surface area contributed by atoms with Crippen molar-refractivity contribution in [3.05, 3.63) is 50.7 Å². The molecule has 2 aromatic rings. The molecule has 1 aromatic carbocycles. The van der Waals surface area contributed by atoms with Crippen molar-refractivity contribution in [2.45, 2.75) is 31.8 Å². The second-order valence-corrected chi connectivity index (χ2v) is 6.29. The second kappa shape index (κ2) is 6.96. The molecule has 0 spiro atoms. The number of hydrogen-bond acceptors (Lipinski definition) is 5. The predicted molar refractivity (Wildman–Crippen MR) is 97.9 cm³/mol. The highest BCUT2D eigenvalue weighted by Gasteiger charge is 2.16. The van der Waals surface area contributed by atoms with Crippen molar-refractivity contribution in [3.8, 4) is 5.75 Å². The van der Waals surface area contributed by atoms with Crippen molar-refractivity contribution in [1.82, 2.24) is 9.13 Å². The van der Waals surface area contributed by atoms with Gasteiger partial charge in [0, 0.05) is 20.3 Å². The normalized spacial score (nSPS) is 15.1. The van der Waals surface area contributed by atoms with Crippen LogP contribution < -0.4 is 21.7 Å². The molecule has 0 bridgehead atoms. The first-order valence-corrected chi connectivity index (χ1v) is 8.33. The van der Waals surface area contributed by atoms with E-state index in [2.05, 4.69) is 4.99 Å². The Morgan fingerprint density at radius 2 is 1.92 bits per heavy atom. The average molecular weight is 342 g/mol. The van der Waals surface area contributed by atoms with Crippen molar-refractivity contribution in [2.75, 3.05) is 5.73 Å². The van der Waals surface area contributed by atoms with Gasteiger partial charge in [0.1, 0.15) is 11.6 Å². The molecule has 7 nitrogen and oxygen atoms in total. The quantitative estimate of drug-likeness (QED) is 0.857. The van der Waals surface area contributed by atoms with Gasteiger partial charge >= 0.3 is 5.69 Å². The molecule has 0 aliphatic heterocycles. The zero-order chi connectivity index (χ0) is 18.0. The minimum absolute atomic E-state index is 0.0442. The van der Waals surface area contributed by atoms with Crippen molar-refractivity contribution in [2.24, 2.45) is 19.1 Å². The number of nitrogens with two attached hydrogens (primary N) is 1. The first-order valence-electron chi connectivity index (χ1n) is 8.33. The summed E-state index contributed by atoms with van der Waals surface area (Å²) in [5.41, 5.74) is 5.72. The number of nitrogens with zero attached hydrogens (tertiary/aromatic N) is 3. The fraction of sp³-hybridized carbons (Fsp3) is 0.389. The van der Waals surface area contributed by atoms with Crippen LogP contribution in [0, 0.1) is 0 Å².